The lowest BCUT2D eigenvalue weighted by atomic mass is 9.99. The molecule has 7 nitrogen and oxygen atoms in total. The molecule has 0 saturated carbocycles. The number of hydrogen-bond donors (Lipinski definition) is 1. The molecule has 0 unspecified atom stereocenters. The molecule has 1 N–H and O–H groups in total. The summed E-state index contributed by atoms with van der Waals surface area (Å²) in [5.41, 5.74) is -0.615. The number of aryl methyl sites for hydroxylation is 1. The van der Waals surface area contributed by atoms with Crippen molar-refractivity contribution in [3.05, 3.63) is 11.7 Å². The van der Waals surface area contributed by atoms with Crippen LogP contribution in [-0.2, 0) is 9.53 Å². The highest BCUT2D eigenvalue weighted by Gasteiger charge is 2.31. The Bertz CT molecular complexity index is 505. The number of rotatable bonds is 5. The number of esters is 1. The van der Waals surface area contributed by atoms with Gasteiger partial charge < -0.3 is 14.6 Å². The highest BCUT2D eigenvalue weighted by atomic mass is 16.6. The molecular weight excluding hydrogens is 274 g/mol. The summed E-state index contributed by atoms with van der Waals surface area (Å²) >= 11 is 0. The highest BCUT2D eigenvalue weighted by Crippen LogP contribution is 2.15. The Hall–Kier alpha value is -1.92. The minimum absolute atomic E-state index is 0.0724. The van der Waals surface area contributed by atoms with E-state index in [4.69, 9.17) is 9.26 Å². The molecule has 21 heavy (non-hydrogen) atoms. The Labute approximate surface area is 124 Å². The summed E-state index contributed by atoms with van der Waals surface area (Å²) in [6.45, 7) is 10.7. The van der Waals surface area contributed by atoms with E-state index in [9.17, 15) is 9.59 Å². The molecule has 1 rings (SSSR count). The van der Waals surface area contributed by atoms with E-state index < -0.39 is 23.5 Å². The van der Waals surface area contributed by atoms with Gasteiger partial charge in [0, 0.05) is 6.92 Å². The fourth-order valence-electron chi connectivity index (χ4n) is 1.63. The Morgan fingerprint density at radius 1 is 1.38 bits per heavy atom. The smallest absolute Gasteiger partial charge is 0.329 e. The maximum Gasteiger partial charge on any atom is 0.329 e. The summed E-state index contributed by atoms with van der Waals surface area (Å²) in [6.07, 6.45) is 0.718. The van der Waals surface area contributed by atoms with Gasteiger partial charge in [-0.1, -0.05) is 25.4 Å². The molecular formula is C14H23N3O4. The zero-order chi connectivity index (χ0) is 16.2. The number of nitrogens with one attached hydrogen (secondary N) is 1. The lowest BCUT2D eigenvalue weighted by Crippen LogP contribution is -2.48. The topological polar surface area (TPSA) is 94.3 Å². The van der Waals surface area contributed by atoms with Gasteiger partial charge in [-0.05, 0) is 26.7 Å². The monoisotopic (exact) mass is 297 g/mol. The van der Waals surface area contributed by atoms with Gasteiger partial charge in [-0.3, -0.25) is 4.79 Å². The highest BCUT2D eigenvalue weighted by molar-refractivity contribution is 5.93. The molecule has 0 aliphatic rings. The Morgan fingerprint density at radius 2 is 2.00 bits per heavy atom. The molecule has 1 amide bonds. The van der Waals surface area contributed by atoms with E-state index in [2.05, 4.69) is 15.5 Å². The minimum atomic E-state index is -0.750. The van der Waals surface area contributed by atoms with E-state index in [0.29, 0.717) is 0 Å². The molecule has 1 aromatic heterocycles. The Morgan fingerprint density at radius 3 is 2.43 bits per heavy atom. The first kappa shape index (κ1) is 17.1. The fourth-order valence-corrected chi connectivity index (χ4v) is 1.63. The van der Waals surface area contributed by atoms with Crippen molar-refractivity contribution >= 4 is 11.9 Å². The summed E-state index contributed by atoms with van der Waals surface area (Å²) in [6, 6.07) is -0.750. The van der Waals surface area contributed by atoms with Crippen LogP contribution in [0.4, 0.5) is 0 Å². The van der Waals surface area contributed by atoms with Crippen LogP contribution in [0.25, 0.3) is 0 Å². The number of ether oxygens (including phenoxy) is 1. The maximum absolute atomic E-state index is 12.2. The normalized spacial score (nSPS) is 14.4. The second-order valence-electron chi connectivity index (χ2n) is 6.01. The molecule has 7 heteroatoms. The molecule has 0 spiro atoms. The van der Waals surface area contributed by atoms with Gasteiger partial charge in [-0.25, -0.2) is 4.79 Å². The molecule has 0 aliphatic heterocycles. The molecule has 0 bridgehead atoms. The largest absolute Gasteiger partial charge is 0.458 e. The summed E-state index contributed by atoms with van der Waals surface area (Å²) in [5, 5.41) is 6.16. The van der Waals surface area contributed by atoms with Gasteiger partial charge in [-0.15, -0.1) is 0 Å². The van der Waals surface area contributed by atoms with Crippen molar-refractivity contribution in [1.82, 2.24) is 15.5 Å². The predicted molar refractivity (Wildman–Crippen MR) is 75.6 cm³/mol. The Kier molecular flexibility index (Phi) is 5.46. The van der Waals surface area contributed by atoms with Gasteiger partial charge in [0.2, 0.25) is 5.89 Å². The first-order chi connectivity index (χ1) is 9.64. The van der Waals surface area contributed by atoms with E-state index in [1.54, 1.807) is 27.7 Å². The van der Waals surface area contributed by atoms with E-state index in [-0.39, 0.29) is 17.6 Å². The first-order valence-corrected chi connectivity index (χ1v) is 6.98. The van der Waals surface area contributed by atoms with Crippen molar-refractivity contribution in [3.63, 3.8) is 0 Å². The second-order valence-corrected chi connectivity index (χ2v) is 6.01. The van der Waals surface area contributed by atoms with Gasteiger partial charge in [0.05, 0.1) is 0 Å². The van der Waals surface area contributed by atoms with Gasteiger partial charge in [0.15, 0.2) is 0 Å². The average Bonchev–Trinajstić information content (AvgIpc) is 2.79. The quantitative estimate of drug-likeness (QED) is 0.834. The minimum Gasteiger partial charge on any atom is -0.458 e. The SMILES string of the molecule is CC[C@H](C)[C@H](NC(=O)c1noc(C)n1)C(=O)OC(C)(C)C. The van der Waals surface area contributed by atoms with E-state index in [1.807, 2.05) is 13.8 Å². The van der Waals surface area contributed by atoms with E-state index in [1.165, 1.54) is 0 Å². The van der Waals surface area contributed by atoms with E-state index in [0.717, 1.165) is 6.42 Å². The summed E-state index contributed by atoms with van der Waals surface area (Å²) in [7, 11) is 0. The van der Waals surface area contributed by atoms with Gasteiger partial charge in [-0.2, -0.15) is 4.98 Å². The number of amides is 1. The molecule has 0 fully saturated rings. The van der Waals surface area contributed by atoms with Crippen molar-refractivity contribution in [2.45, 2.75) is 59.6 Å². The zero-order valence-corrected chi connectivity index (χ0v) is 13.4. The van der Waals surface area contributed by atoms with Crippen molar-refractivity contribution in [2.75, 3.05) is 0 Å². The third-order valence-corrected chi connectivity index (χ3v) is 2.89. The maximum atomic E-state index is 12.2. The van der Waals surface area contributed by atoms with Crippen LogP contribution in [0.2, 0.25) is 0 Å². The second kappa shape index (κ2) is 6.69. The third-order valence-electron chi connectivity index (χ3n) is 2.89. The molecule has 118 valence electrons. The summed E-state index contributed by atoms with van der Waals surface area (Å²) < 4.78 is 10.1. The van der Waals surface area contributed by atoms with Gasteiger partial charge in [0.1, 0.15) is 11.6 Å². The molecule has 2 atom stereocenters. The number of carbonyl (C=O) groups excluding carboxylic acids is 2. The zero-order valence-electron chi connectivity index (χ0n) is 13.4. The number of hydrogen-bond acceptors (Lipinski definition) is 6. The van der Waals surface area contributed by atoms with Crippen LogP contribution in [0, 0.1) is 12.8 Å². The predicted octanol–water partition coefficient (Wildman–Crippen LogP) is 1.86. The van der Waals surface area contributed by atoms with Gasteiger partial charge in [0.25, 0.3) is 11.7 Å². The Balaban J connectivity index is 2.83. The molecule has 0 radical (unpaired) electrons. The van der Waals surface area contributed by atoms with Crippen molar-refractivity contribution < 1.29 is 18.8 Å². The molecule has 1 heterocycles. The van der Waals surface area contributed by atoms with E-state index >= 15 is 0 Å². The summed E-state index contributed by atoms with van der Waals surface area (Å²) in [4.78, 5) is 28.1. The van der Waals surface area contributed by atoms with Crippen molar-refractivity contribution in [1.29, 1.82) is 0 Å². The third kappa shape index (κ3) is 5.17. The van der Waals surface area contributed by atoms with Crippen LogP contribution in [0.15, 0.2) is 4.52 Å². The fraction of sp³-hybridized carbons (Fsp3) is 0.714. The molecule has 0 saturated heterocycles. The number of nitrogens with zero attached hydrogens (tertiary/aromatic N) is 2. The van der Waals surface area contributed by atoms with Crippen LogP contribution in [-0.4, -0.2) is 33.7 Å². The van der Waals surface area contributed by atoms with Crippen LogP contribution >= 0.6 is 0 Å². The van der Waals surface area contributed by atoms with Crippen molar-refractivity contribution in [2.24, 2.45) is 5.92 Å². The standard InChI is InChI=1S/C14H23N3O4/c1-7-8(2)10(13(19)20-14(4,5)6)16-12(18)11-15-9(3)21-17-11/h8,10H,7H2,1-6H3,(H,16,18)/t8-,10-/m0/s1. The average molecular weight is 297 g/mol. The molecule has 1 aromatic rings. The van der Waals surface area contributed by atoms with Gasteiger partial charge >= 0.3 is 5.97 Å². The lowest BCUT2D eigenvalue weighted by Gasteiger charge is -2.27. The number of aromatic nitrogens is 2. The van der Waals surface area contributed by atoms with Crippen molar-refractivity contribution in [3.8, 4) is 0 Å². The van der Waals surface area contributed by atoms with Crippen LogP contribution in [0.3, 0.4) is 0 Å². The van der Waals surface area contributed by atoms with Crippen LogP contribution in [0.5, 0.6) is 0 Å². The first-order valence-electron chi connectivity index (χ1n) is 6.98. The van der Waals surface area contributed by atoms with Crippen LogP contribution in [0.1, 0.15) is 57.5 Å². The molecule has 0 aliphatic carbocycles. The summed E-state index contributed by atoms with van der Waals surface area (Å²) in [5.74, 6) is -0.896. The molecule has 0 aromatic carbocycles. The number of carbonyl (C=O) groups is 2. The van der Waals surface area contributed by atoms with Crippen LogP contribution < -0.4 is 5.32 Å². The lowest BCUT2D eigenvalue weighted by molar-refractivity contribution is -0.158.